The molecular formula is C10H9F2NO2. The Hall–Kier alpha value is -1.49. The average molecular weight is 213 g/mol. The lowest BCUT2D eigenvalue weighted by Crippen LogP contribution is -2.27. The van der Waals surface area contributed by atoms with Gasteiger partial charge in [0.25, 0.3) is 5.91 Å². The van der Waals surface area contributed by atoms with Crippen LogP contribution in [0.5, 0.6) is 0 Å². The topological polar surface area (TPSA) is 29.5 Å². The van der Waals surface area contributed by atoms with Gasteiger partial charge in [0, 0.05) is 6.07 Å². The fourth-order valence-electron chi connectivity index (χ4n) is 1.40. The van der Waals surface area contributed by atoms with Crippen molar-refractivity contribution in [3.05, 3.63) is 35.4 Å². The van der Waals surface area contributed by atoms with Crippen molar-refractivity contribution >= 4 is 5.91 Å². The zero-order valence-corrected chi connectivity index (χ0v) is 7.87. The molecule has 0 bridgehead atoms. The van der Waals surface area contributed by atoms with E-state index in [1.807, 2.05) is 0 Å². The van der Waals surface area contributed by atoms with Crippen LogP contribution in [0.2, 0.25) is 0 Å². The van der Waals surface area contributed by atoms with E-state index < -0.39 is 17.5 Å². The average Bonchev–Trinajstić information content (AvgIpc) is 2.69. The first-order valence-electron chi connectivity index (χ1n) is 4.58. The second-order valence-electron chi connectivity index (χ2n) is 3.22. The minimum atomic E-state index is -0.865. The van der Waals surface area contributed by atoms with Crippen molar-refractivity contribution in [2.45, 2.75) is 6.42 Å². The molecule has 1 fully saturated rings. The Bertz CT molecular complexity index is 389. The standard InChI is InChI=1S/C10H9F2NO2/c11-7-2-3-8(9(12)6-7)10(14)13-4-1-5-15-13/h2-3,6H,1,4-5H2. The number of hydrogen-bond acceptors (Lipinski definition) is 2. The second-order valence-corrected chi connectivity index (χ2v) is 3.22. The first kappa shape index (κ1) is 10.0. The monoisotopic (exact) mass is 213 g/mol. The van der Waals surface area contributed by atoms with E-state index in [-0.39, 0.29) is 5.56 Å². The fourth-order valence-corrected chi connectivity index (χ4v) is 1.40. The molecule has 1 aliphatic heterocycles. The molecule has 1 aliphatic rings. The maximum atomic E-state index is 13.2. The van der Waals surface area contributed by atoms with Gasteiger partial charge in [0.1, 0.15) is 11.6 Å². The molecule has 1 heterocycles. The quantitative estimate of drug-likeness (QED) is 0.711. The Morgan fingerprint density at radius 2 is 2.20 bits per heavy atom. The molecule has 5 heteroatoms. The summed E-state index contributed by atoms with van der Waals surface area (Å²) in [4.78, 5) is 16.6. The summed E-state index contributed by atoms with van der Waals surface area (Å²) in [5.41, 5.74) is -0.168. The van der Waals surface area contributed by atoms with E-state index >= 15 is 0 Å². The summed E-state index contributed by atoms with van der Waals surface area (Å²) >= 11 is 0. The molecule has 1 saturated heterocycles. The molecule has 0 radical (unpaired) electrons. The molecule has 2 rings (SSSR count). The van der Waals surface area contributed by atoms with Gasteiger partial charge in [-0.2, -0.15) is 0 Å². The lowest BCUT2D eigenvalue weighted by atomic mass is 10.2. The molecule has 3 nitrogen and oxygen atoms in total. The highest BCUT2D eigenvalue weighted by Crippen LogP contribution is 2.15. The molecule has 0 aliphatic carbocycles. The molecule has 0 unspecified atom stereocenters. The zero-order valence-electron chi connectivity index (χ0n) is 7.87. The van der Waals surface area contributed by atoms with Gasteiger partial charge in [-0.15, -0.1) is 0 Å². The Balaban J connectivity index is 2.24. The maximum absolute atomic E-state index is 13.2. The number of carbonyl (C=O) groups excluding carboxylic acids is 1. The predicted octanol–water partition coefficient (Wildman–Crippen LogP) is 1.74. The molecular weight excluding hydrogens is 204 g/mol. The van der Waals surface area contributed by atoms with E-state index in [9.17, 15) is 13.6 Å². The Morgan fingerprint density at radius 1 is 1.40 bits per heavy atom. The highest BCUT2D eigenvalue weighted by Gasteiger charge is 2.23. The van der Waals surface area contributed by atoms with Gasteiger partial charge in [-0.25, -0.2) is 13.8 Å². The molecule has 15 heavy (non-hydrogen) atoms. The number of benzene rings is 1. The zero-order chi connectivity index (χ0) is 10.8. The molecule has 0 atom stereocenters. The van der Waals surface area contributed by atoms with Gasteiger partial charge in [-0.1, -0.05) is 0 Å². The van der Waals surface area contributed by atoms with E-state index in [0.717, 1.165) is 23.6 Å². The Labute approximate surface area is 85.2 Å². The highest BCUT2D eigenvalue weighted by molar-refractivity contribution is 5.93. The summed E-state index contributed by atoms with van der Waals surface area (Å²) in [6, 6.07) is 2.85. The molecule has 1 aromatic rings. The van der Waals surface area contributed by atoms with Gasteiger partial charge in [0.05, 0.1) is 18.7 Å². The van der Waals surface area contributed by atoms with Gasteiger partial charge >= 0.3 is 0 Å². The van der Waals surface area contributed by atoms with Crippen LogP contribution in [0.4, 0.5) is 8.78 Å². The minimum Gasteiger partial charge on any atom is -0.271 e. The van der Waals surface area contributed by atoms with Gasteiger partial charge in [0.15, 0.2) is 0 Å². The van der Waals surface area contributed by atoms with Gasteiger partial charge < -0.3 is 0 Å². The number of nitrogens with zero attached hydrogens (tertiary/aromatic N) is 1. The van der Waals surface area contributed by atoms with Crippen molar-refractivity contribution in [3.63, 3.8) is 0 Å². The van der Waals surface area contributed by atoms with Gasteiger partial charge in [-0.05, 0) is 18.6 Å². The van der Waals surface area contributed by atoms with Crippen molar-refractivity contribution in [1.29, 1.82) is 0 Å². The first-order chi connectivity index (χ1) is 7.18. The van der Waals surface area contributed by atoms with Crippen molar-refractivity contribution in [2.24, 2.45) is 0 Å². The van der Waals surface area contributed by atoms with Crippen LogP contribution in [0, 0.1) is 11.6 Å². The van der Waals surface area contributed by atoms with Crippen LogP contribution >= 0.6 is 0 Å². The Morgan fingerprint density at radius 3 is 2.80 bits per heavy atom. The number of hydroxylamine groups is 2. The second kappa shape index (κ2) is 3.94. The van der Waals surface area contributed by atoms with E-state index in [0.29, 0.717) is 19.2 Å². The summed E-state index contributed by atoms with van der Waals surface area (Å²) in [6.07, 6.45) is 0.731. The van der Waals surface area contributed by atoms with Crippen molar-refractivity contribution in [3.8, 4) is 0 Å². The largest absolute Gasteiger partial charge is 0.280 e. The smallest absolute Gasteiger partial charge is 0.271 e. The van der Waals surface area contributed by atoms with Crippen molar-refractivity contribution in [2.75, 3.05) is 13.2 Å². The number of rotatable bonds is 1. The summed E-state index contributed by atoms with van der Waals surface area (Å²) in [5, 5.41) is 1.09. The molecule has 0 saturated carbocycles. The van der Waals surface area contributed by atoms with Crippen LogP contribution in [-0.4, -0.2) is 24.1 Å². The van der Waals surface area contributed by atoms with Gasteiger partial charge in [0.2, 0.25) is 0 Å². The third kappa shape index (κ3) is 1.97. The fraction of sp³-hybridized carbons (Fsp3) is 0.300. The number of hydrogen-bond donors (Lipinski definition) is 0. The van der Waals surface area contributed by atoms with Crippen LogP contribution in [-0.2, 0) is 4.84 Å². The number of amides is 1. The van der Waals surface area contributed by atoms with Crippen molar-refractivity contribution < 1.29 is 18.4 Å². The van der Waals surface area contributed by atoms with Crippen LogP contribution in [0.3, 0.4) is 0 Å². The lowest BCUT2D eigenvalue weighted by molar-refractivity contribution is -0.0770. The minimum absolute atomic E-state index is 0.168. The first-order valence-corrected chi connectivity index (χ1v) is 4.58. The Kier molecular flexibility index (Phi) is 2.64. The summed E-state index contributed by atoms with van der Waals surface area (Å²) in [6.45, 7) is 0.893. The third-order valence-corrected chi connectivity index (χ3v) is 2.14. The highest BCUT2D eigenvalue weighted by atomic mass is 19.1. The predicted molar refractivity (Wildman–Crippen MR) is 48.0 cm³/mol. The molecule has 0 N–H and O–H groups in total. The van der Waals surface area contributed by atoms with E-state index in [2.05, 4.69) is 0 Å². The van der Waals surface area contributed by atoms with Crippen LogP contribution in [0.1, 0.15) is 16.8 Å². The molecule has 1 amide bonds. The molecule has 80 valence electrons. The van der Waals surface area contributed by atoms with E-state index in [4.69, 9.17) is 4.84 Å². The molecule has 0 spiro atoms. The van der Waals surface area contributed by atoms with Crippen LogP contribution < -0.4 is 0 Å². The molecule has 0 aromatic heterocycles. The normalized spacial score (nSPS) is 15.7. The number of halogens is 2. The van der Waals surface area contributed by atoms with Gasteiger partial charge in [-0.3, -0.25) is 9.63 Å². The third-order valence-electron chi connectivity index (χ3n) is 2.14. The van der Waals surface area contributed by atoms with E-state index in [1.165, 1.54) is 0 Å². The SMILES string of the molecule is O=C(c1ccc(F)cc1F)N1CCCO1. The summed E-state index contributed by atoms with van der Waals surface area (Å²) < 4.78 is 25.8. The molecule has 1 aromatic carbocycles. The number of carbonyl (C=O) groups is 1. The summed E-state index contributed by atoms with van der Waals surface area (Å²) in [7, 11) is 0. The van der Waals surface area contributed by atoms with Crippen molar-refractivity contribution in [1.82, 2.24) is 5.06 Å². The van der Waals surface area contributed by atoms with E-state index in [1.54, 1.807) is 0 Å². The lowest BCUT2D eigenvalue weighted by Gasteiger charge is -2.13. The van der Waals surface area contributed by atoms with Crippen LogP contribution in [0.15, 0.2) is 18.2 Å². The maximum Gasteiger partial charge on any atom is 0.280 e. The summed E-state index contributed by atoms with van der Waals surface area (Å²) in [5.74, 6) is -2.13. The van der Waals surface area contributed by atoms with Crippen LogP contribution in [0.25, 0.3) is 0 Å².